The number of anilines is 2. The van der Waals surface area contributed by atoms with E-state index in [0.717, 1.165) is 5.69 Å². The Balaban J connectivity index is 0.000000715. The van der Waals surface area contributed by atoms with E-state index in [0.29, 0.717) is 17.8 Å². The Hall–Kier alpha value is -2.18. The molecule has 0 aliphatic carbocycles. The average Bonchev–Trinajstić information content (AvgIpc) is 2.48. The number of carbonyl (C=O) groups is 1. The molecule has 1 aromatic carbocycles. The highest BCUT2D eigenvalue weighted by Gasteiger charge is 1.98. The largest absolute Gasteiger partial charge is 0.384 e. The zero-order valence-corrected chi connectivity index (χ0v) is 12.6. The van der Waals surface area contributed by atoms with Gasteiger partial charge in [-0.25, -0.2) is 4.98 Å². The van der Waals surface area contributed by atoms with Crippen molar-refractivity contribution in [2.45, 2.75) is 0 Å². The van der Waals surface area contributed by atoms with Gasteiger partial charge in [0.1, 0.15) is 17.8 Å². The molecule has 1 heterocycles. The molecule has 4 N–H and O–H groups in total. The van der Waals surface area contributed by atoms with Gasteiger partial charge in [-0.15, -0.1) is 29.1 Å². The lowest BCUT2D eigenvalue weighted by atomic mass is 10.3. The second kappa shape index (κ2) is 10.6. The topological polar surface area (TPSA) is 107 Å². The molecular formula is C13H15Cl2N5O. The number of alkyl halides is 1. The van der Waals surface area contributed by atoms with E-state index in [9.17, 15) is 0 Å². The molecule has 2 aromatic rings. The molecule has 1 aromatic heterocycles. The Bertz CT molecular complexity index is 578. The van der Waals surface area contributed by atoms with Crippen molar-refractivity contribution in [3.8, 4) is 0 Å². The van der Waals surface area contributed by atoms with Crippen LogP contribution in [0.25, 0.3) is 0 Å². The van der Waals surface area contributed by atoms with E-state index in [4.69, 9.17) is 27.9 Å². The minimum Gasteiger partial charge on any atom is -0.384 e. The third kappa shape index (κ3) is 7.24. The number of halogens is 2. The Morgan fingerprint density at radius 2 is 1.71 bits per heavy atom. The summed E-state index contributed by atoms with van der Waals surface area (Å²) in [6.45, 7) is 0. The number of carbonyl (C=O) groups excluding carboxylic acids is 1. The first-order valence-corrected chi connectivity index (χ1v) is 6.19. The number of nitrogen functional groups attached to an aromatic ring is 2. The Kier molecular flexibility index (Phi) is 9.49. The molecule has 112 valence electrons. The maximum atomic E-state index is 9.04. The summed E-state index contributed by atoms with van der Waals surface area (Å²) in [5, 5.41) is 8.03. The number of hydrogen-bond acceptors (Lipinski definition) is 6. The number of benzene rings is 1. The number of hydrogen-bond donors (Lipinski definition) is 2. The lowest BCUT2D eigenvalue weighted by molar-refractivity contribution is -0.105. The SMILES string of the molecule is Cl.Nc1ccc(/N=N/c2ccccc2)c(N)n1.O=CCCl. The lowest BCUT2D eigenvalue weighted by Gasteiger charge is -1.98. The van der Waals surface area contributed by atoms with Crippen LogP contribution in [0.5, 0.6) is 0 Å². The molecule has 0 amide bonds. The normalized spacial score (nSPS) is 9.38. The van der Waals surface area contributed by atoms with Gasteiger partial charge in [0.15, 0.2) is 5.82 Å². The number of rotatable bonds is 3. The van der Waals surface area contributed by atoms with Gasteiger partial charge in [0, 0.05) is 0 Å². The van der Waals surface area contributed by atoms with Crippen LogP contribution in [-0.2, 0) is 4.79 Å². The summed E-state index contributed by atoms with van der Waals surface area (Å²) >= 11 is 4.82. The van der Waals surface area contributed by atoms with Crippen molar-refractivity contribution in [1.82, 2.24) is 4.98 Å². The fraction of sp³-hybridized carbons (Fsp3) is 0.0769. The number of nitrogens with two attached hydrogens (primary N) is 2. The summed E-state index contributed by atoms with van der Waals surface area (Å²) < 4.78 is 0. The van der Waals surface area contributed by atoms with E-state index in [-0.39, 0.29) is 24.1 Å². The lowest BCUT2D eigenvalue weighted by Crippen LogP contribution is -1.95. The minimum atomic E-state index is 0. The molecule has 2 rings (SSSR count). The molecule has 0 atom stereocenters. The van der Waals surface area contributed by atoms with Gasteiger partial charge < -0.3 is 16.3 Å². The van der Waals surface area contributed by atoms with Crippen molar-refractivity contribution in [2.75, 3.05) is 17.3 Å². The molecule has 0 fully saturated rings. The van der Waals surface area contributed by atoms with Crippen LogP contribution in [-0.4, -0.2) is 17.2 Å². The summed E-state index contributed by atoms with van der Waals surface area (Å²) in [5.74, 6) is 0.760. The van der Waals surface area contributed by atoms with Crippen molar-refractivity contribution < 1.29 is 4.79 Å². The van der Waals surface area contributed by atoms with E-state index in [2.05, 4.69) is 15.2 Å². The molecular weight excluding hydrogens is 313 g/mol. The van der Waals surface area contributed by atoms with Crippen LogP contribution in [0, 0.1) is 0 Å². The van der Waals surface area contributed by atoms with Crippen LogP contribution in [0.15, 0.2) is 52.7 Å². The summed E-state index contributed by atoms with van der Waals surface area (Å²) in [6.07, 6.45) is 0.640. The highest BCUT2D eigenvalue weighted by molar-refractivity contribution is 6.24. The number of nitrogens with zero attached hydrogens (tertiary/aromatic N) is 3. The summed E-state index contributed by atoms with van der Waals surface area (Å²) in [7, 11) is 0. The monoisotopic (exact) mass is 327 g/mol. The first-order chi connectivity index (χ1) is 9.67. The van der Waals surface area contributed by atoms with Crippen LogP contribution in [0.2, 0.25) is 0 Å². The maximum Gasteiger partial charge on any atom is 0.153 e. The van der Waals surface area contributed by atoms with Crippen molar-refractivity contribution >= 4 is 53.3 Å². The van der Waals surface area contributed by atoms with Gasteiger partial charge in [0.25, 0.3) is 0 Å². The van der Waals surface area contributed by atoms with E-state index in [1.54, 1.807) is 12.1 Å². The molecule has 21 heavy (non-hydrogen) atoms. The number of pyridine rings is 1. The predicted octanol–water partition coefficient (Wildman–Crippen LogP) is 3.51. The molecule has 6 nitrogen and oxygen atoms in total. The third-order valence-electron chi connectivity index (χ3n) is 2.02. The van der Waals surface area contributed by atoms with Gasteiger partial charge in [-0.05, 0) is 24.3 Å². The van der Waals surface area contributed by atoms with Gasteiger partial charge >= 0.3 is 0 Å². The van der Waals surface area contributed by atoms with Crippen LogP contribution in [0.1, 0.15) is 0 Å². The Morgan fingerprint density at radius 3 is 2.24 bits per heavy atom. The smallest absolute Gasteiger partial charge is 0.153 e. The third-order valence-corrected chi connectivity index (χ3v) is 2.14. The first kappa shape index (κ1) is 18.8. The molecule has 0 saturated heterocycles. The van der Waals surface area contributed by atoms with E-state index >= 15 is 0 Å². The quantitative estimate of drug-likeness (QED) is 0.511. The zero-order valence-electron chi connectivity index (χ0n) is 11.0. The highest BCUT2D eigenvalue weighted by atomic mass is 35.5. The van der Waals surface area contributed by atoms with E-state index in [1.165, 1.54) is 0 Å². The molecule has 0 aliphatic rings. The molecule has 0 saturated carbocycles. The number of aldehydes is 1. The molecule has 0 aliphatic heterocycles. The molecule has 0 radical (unpaired) electrons. The summed E-state index contributed by atoms with van der Waals surface area (Å²) in [4.78, 5) is 12.9. The highest BCUT2D eigenvalue weighted by Crippen LogP contribution is 2.23. The van der Waals surface area contributed by atoms with Gasteiger partial charge in [-0.1, -0.05) is 18.2 Å². The van der Waals surface area contributed by atoms with Crippen LogP contribution >= 0.6 is 24.0 Å². The van der Waals surface area contributed by atoms with Gasteiger partial charge in [-0.3, -0.25) is 0 Å². The van der Waals surface area contributed by atoms with Gasteiger partial charge in [0.05, 0.1) is 11.6 Å². The maximum absolute atomic E-state index is 9.04. The van der Waals surface area contributed by atoms with Crippen molar-refractivity contribution in [2.24, 2.45) is 10.2 Å². The second-order valence-corrected chi connectivity index (χ2v) is 3.81. The van der Waals surface area contributed by atoms with Crippen molar-refractivity contribution in [3.63, 3.8) is 0 Å². The van der Waals surface area contributed by atoms with Crippen LogP contribution in [0.4, 0.5) is 23.0 Å². The fourth-order valence-electron chi connectivity index (χ4n) is 1.17. The Morgan fingerprint density at radius 1 is 1.10 bits per heavy atom. The number of azo groups is 1. The van der Waals surface area contributed by atoms with Crippen molar-refractivity contribution in [1.29, 1.82) is 0 Å². The van der Waals surface area contributed by atoms with Gasteiger partial charge in [0.2, 0.25) is 0 Å². The van der Waals surface area contributed by atoms with Crippen molar-refractivity contribution in [3.05, 3.63) is 42.5 Å². The minimum absolute atomic E-state index is 0. The predicted molar refractivity (Wildman–Crippen MR) is 87.7 cm³/mol. The first-order valence-electron chi connectivity index (χ1n) is 5.65. The van der Waals surface area contributed by atoms with E-state index in [1.807, 2.05) is 30.3 Å². The molecule has 0 unspecified atom stereocenters. The zero-order chi connectivity index (χ0) is 14.8. The molecule has 0 spiro atoms. The molecule has 0 bridgehead atoms. The summed E-state index contributed by atoms with van der Waals surface area (Å²) in [5.41, 5.74) is 12.4. The molecule has 8 heteroatoms. The van der Waals surface area contributed by atoms with Crippen LogP contribution < -0.4 is 11.5 Å². The van der Waals surface area contributed by atoms with Crippen LogP contribution in [0.3, 0.4) is 0 Å². The number of aromatic nitrogens is 1. The van der Waals surface area contributed by atoms with Gasteiger partial charge in [-0.2, -0.15) is 5.11 Å². The summed E-state index contributed by atoms with van der Waals surface area (Å²) in [6, 6.07) is 12.7. The standard InChI is InChI=1S/C11H11N5.C2H3ClO.ClH/c12-10-7-6-9(11(13)14-10)16-15-8-4-2-1-3-5-8;3-1-2-4;/h1-7H,(H4,12,13,14);2H,1H2;1H/b16-15+;;. The second-order valence-electron chi connectivity index (χ2n) is 3.50. The fourth-order valence-corrected chi connectivity index (χ4v) is 1.17. The average molecular weight is 328 g/mol. The van der Waals surface area contributed by atoms with E-state index < -0.39 is 0 Å². The Labute approximate surface area is 133 Å².